The van der Waals surface area contributed by atoms with Crippen LogP contribution < -0.4 is 0 Å². The van der Waals surface area contributed by atoms with Crippen molar-refractivity contribution in [1.29, 1.82) is 0 Å². The lowest BCUT2D eigenvalue weighted by atomic mass is 9.79. The Balaban J connectivity index is 2.29. The van der Waals surface area contributed by atoms with Crippen molar-refractivity contribution in [3.8, 4) is 0 Å². The molecule has 0 saturated heterocycles. The van der Waals surface area contributed by atoms with E-state index in [4.69, 9.17) is 0 Å². The van der Waals surface area contributed by atoms with Crippen LogP contribution in [0.2, 0.25) is 0 Å². The summed E-state index contributed by atoms with van der Waals surface area (Å²) in [5.41, 5.74) is -0.719. The number of carboxylic acid groups (broad SMARTS) is 1. The van der Waals surface area contributed by atoms with Gasteiger partial charge in [-0.05, 0) is 12.8 Å². The highest BCUT2D eigenvalue weighted by atomic mass is 32.1. The first-order valence-corrected chi connectivity index (χ1v) is 6.32. The molecule has 17 heavy (non-hydrogen) atoms. The summed E-state index contributed by atoms with van der Waals surface area (Å²) in [7, 11) is 0. The van der Waals surface area contributed by atoms with E-state index in [0.29, 0.717) is 24.2 Å². The van der Waals surface area contributed by atoms with Gasteiger partial charge < -0.3 is 5.11 Å². The average molecular weight is 254 g/mol. The standard InChI is InChI=1S/C10H14N4O2S/c1-3-10(4-2,8(15)16)5-7-13-14-6-11-12-9(14)17-7/h6H,3-5H2,1-2H3,(H,15,16). The van der Waals surface area contributed by atoms with Gasteiger partial charge >= 0.3 is 5.97 Å². The van der Waals surface area contributed by atoms with E-state index in [1.165, 1.54) is 17.7 Å². The predicted octanol–water partition coefficient (Wildman–Crippen LogP) is 1.62. The summed E-state index contributed by atoms with van der Waals surface area (Å²) in [6, 6.07) is 0. The Morgan fingerprint density at radius 2 is 2.24 bits per heavy atom. The quantitative estimate of drug-likeness (QED) is 0.877. The third-order valence-electron chi connectivity index (χ3n) is 3.23. The summed E-state index contributed by atoms with van der Waals surface area (Å²) in [5, 5.41) is 22.0. The molecule has 1 N–H and O–H groups in total. The number of fused-ring (bicyclic) bond motifs is 1. The summed E-state index contributed by atoms with van der Waals surface area (Å²) in [5.74, 6) is -0.756. The molecule has 0 bridgehead atoms. The minimum Gasteiger partial charge on any atom is -0.481 e. The number of carboxylic acids is 1. The van der Waals surface area contributed by atoms with Crippen molar-refractivity contribution in [2.45, 2.75) is 33.1 Å². The van der Waals surface area contributed by atoms with Gasteiger partial charge in [-0.15, -0.1) is 10.2 Å². The van der Waals surface area contributed by atoms with Crippen molar-refractivity contribution in [2.24, 2.45) is 5.41 Å². The van der Waals surface area contributed by atoms with E-state index < -0.39 is 11.4 Å². The van der Waals surface area contributed by atoms with Crippen LogP contribution >= 0.6 is 11.3 Å². The Morgan fingerprint density at radius 1 is 1.53 bits per heavy atom. The lowest BCUT2D eigenvalue weighted by molar-refractivity contribution is -0.149. The normalized spacial score (nSPS) is 12.1. The van der Waals surface area contributed by atoms with Crippen LogP contribution in [0.5, 0.6) is 0 Å². The smallest absolute Gasteiger partial charge is 0.310 e. The van der Waals surface area contributed by atoms with Gasteiger partial charge in [0.15, 0.2) is 0 Å². The zero-order valence-electron chi connectivity index (χ0n) is 9.75. The van der Waals surface area contributed by atoms with Crippen molar-refractivity contribution in [3.05, 3.63) is 11.3 Å². The number of aliphatic carboxylic acids is 1. The Morgan fingerprint density at radius 3 is 2.76 bits per heavy atom. The minimum absolute atomic E-state index is 0.448. The molecule has 0 amide bonds. The van der Waals surface area contributed by atoms with Crippen LogP contribution in [0, 0.1) is 5.41 Å². The van der Waals surface area contributed by atoms with E-state index in [2.05, 4.69) is 15.3 Å². The van der Waals surface area contributed by atoms with Crippen LogP contribution in [0.15, 0.2) is 6.33 Å². The summed E-state index contributed by atoms with van der Waals surface area (Å²) in [6.07, 6.45) is 3.16. The van der Waals surface area contributed by atoms with Crippen molar-refractivity contribution >= 4 is 22.3 Å². The van der Waals surface area contributed by atoms with Gasteiger partial charge in [-0.2, -0.15) is 9.61 Å². The molecule has 0 spiro atoms. The lowest BCUT2D eigenvalue weighted by Gasteiger charge is -2.25. The number of hydrogen-bond acceptors (Lipinski definition) is 5. The molecular weight excluding hydrogens is 240 g/mol. The maximum absolute atomic E-state index is 11.4. The molecule has 0 saturated carbocycles. The molecular formula is C10H14N4O2S. The zero-order valence-corrected chi connectivity index (χ0v) is 10.6. The molecule has 2 aromatic heterocycles. The molecule has 6 nitrogen and oxygen atoms in total. The van der Waals surface area contributed by atoms with Crippen LogP contribution in [0.3, 0.4) is 0 Å². The lowest BCUT2D eigenvalue weighted by Crippen LogP contribution is -2.32. The second-order valence-corrected chi connectivity index (χ2v) is 5.06. The van der Waals surface area contributed by atoms with Gasteiger partial charge in [-0.1, -0.05) is 25.2 Å². The molecule has 0 aromatic carbocycles. The molecule has 2 heterocycles. The Labute approximate surface area is 102 Å². The first kappa shape index (κ1) is 12.0. The molecule has 0 unspecified atom stereocenters. The molecule has 0 aliphatic heterocycles. The largest absolute Gasteiger partial charge is 0.481 e. The molecule has 0 aliphatic carbocycles. The van der Waals surface area contributed by atoms with E-state index in [9.17, 15) is 9.90 Å². The van der Waals surface area contributed by atoms with E-state index in [-0.39, 0.29) is 0 Å². The molecule has 0 aliphatic rings. The number of aromatic nitrogens is 4. The number of nitrogens with zero attached hydrogens (tertiary/aromatic N) is 4. The fourth-order valence-corrected chi connectivity index (χ4v) is 2.80. The van der Waals surface area contributed by atoms with Gasteiger partial charge in [0, 0.05) is 6.42 Å². The highest BCUT2D eigenvalue weighted by Crippen LogP contribution is 2.32. The number of carbonyl (C=O) groups is 1. The van der Waals surface area contributed by atoms with Crippen molar-refractivity contribution in [1.82, 2.24) is 19.8 Å². The number of hydrogen-bond donors (Lipinski definition) is 1. The van der Waals surface area contributed by atoms with Gasteiger partial charge in [-0.3, -0.25) is 4.79 Å². The van der Waals surface area contributed by atoms with Crippen LogP contribution in [-0.4, -0.2) is 30.9 Å². The Hall–Kier alpha value is -1.50. The predicted molar refractivity (Wildman–Crippen MR) is 63.0 cm³/mol. The maximum atomic E-state index is 11.4. The van der Waals surface area contributed by atoms with Gasteiger partial charge in [-0.25, -0.2) is 0 Å². The van der Waals surface area contributed by atoms with Crippen LogP contribution in [0.25, 0.3) is 4.96 Å². The third-order valence-corrected chi connectivity index (χ3v) is 4.14. The first-order valence-electron chi connectivity index (χ1n) is 5.50. The average Bonchev–Trinajstić information content (AvgIpc) is 2.85. The minimum atomic E-state index is -0.756. The topological polar surface area (TPSA) is 80.4 Å². The van der Waals surface area contributed by atoms with Gasteiger partial charge in [0.2, 0.25) is 4.96 Å². The fraction of sp³-hybridized carbons (Fsp3) is 0.600. The van der Waals surface area contributed by atoms with E-state index in [1.807, 2.05) is 13.8 Å². The molecule has 7 heteroatoms. The Bertz CT molecular complexity index is 501. The molecule has 92 valence electrons. The summed E-state index contributed by atoms with van der Waals surface area (Å²) in [6.45, 7) is 3.80. The summed E-state index contributed by atoms with van der Waals surface area (Å²) >= 11 is 1.39. The third kappa shape index (κ3) is 2.02. The summed E-state index contributed by atoms with van der Waals surface area (Å²) in [4.78, 5) is 12.1. The van der Waals surface area contributed by atoms with Crippen LogP contribution in [-0.2, 0) is 11.2 Å². The SMILES string of the molecule is CCC(CC)(Cc1nn2cnnc2s1)C(=O)O. The molecule has 2 rings (SSSR count). The van der Waals surface area contributed by atoms with Crippen LogP contribution in [0.1, 0.15) is 31.7 Å². The molecule has 0 atom stereocenters. The molecule has 0 fully saturated rings. The molecule has 0 radical (unpaired) electrons. The monoisotopic (exact) mass is 254 g/mol. The maximum Gasteiger partial charge on any atom is 0.310 e. The van der Waals surface area contributed by atoms with Gasteiger partial charge in [0.1, 0.15) is 11.3 Å². The van der Waals surface area contributed by atoms with Crippen molar-refractivity contribution in [2.75, 3.05) is 0 Å². The van der Waals surface area contributed by atoms with Gasteiger partial charge in [0.05, 0.1) is 5.41 Å². The second-order valence-electron chi connectivity index (χ2n) is 4.02. The zero-order chi connectivity index (χ0) is 12.5. The van der Waals surface area contributed by atoms with Gasteiger partial charge in [0.25, 0.3) is 0 Å². The van der Waals surface area contributed by atoms with Crippen molar-refractivity contribution < 1.29 is 9.90 Å². The highest BCUT2D eigenvalue weighted by Gasteiger charge is 2.36. The van der Waals surface area contributed by atoms with Crippen molar-refractivity contribution in [3.63, 3.8) is 0 Å². The first-order chi connectivity index (χ1) is 8.11. The highest BCUT2D eigenvalue weighted by molar-refractivity contribution is 7.16. The fourth-order valence-electron chi connectivity index (χ4n) is 1.84. The summed E-state index contributed by atoms with van der Waals surface area (Å²) < 4.78 is 1.58. The van der Waals surface area contributed by atoms with E-state index >= 15 is 0 Å². The Kier molecular flexibility index (Phi) is 3.10. The van der Waals surface area contributed by atoms with Crippen LogP contribution in [0.4, 0.5) is 0 Å². The van der Waals surface area contributed by atoms with E-state index in [1.54, 1.807) is 4.52 Å². The van der Waals surface area contributed by atoms with E-state index in [0.717, 1.165) is 5.01 Å². The second kappa shape index (κ2) is 4.40. The number of rotatable bonds is 5. The molecule has 2 aromatic rings.